The Morgan fingerprint density at radius 3 is 2.76 bits per heavy atom. The lowest BCUT2D eigenvalue weighted by Gasteiger charge is -2.04. The lowest BCUT2D eigenvalue weighted by Crippen LogP contribution is -2.09. The number of anilines is 1. The molecule has 0 aliphatic rings. The van der Waals surface area contributed by atoms with Crippen LogP contribution in [0.5, 0.6) is 5.75 Å². The molecule has 17 heavy (non-hydrogen) atoms. The first kappa shape index (κ1) is 11.9. The molecule has 1 N–H and O–H groups in total. The summed E-state index contributed by atoms with van der Waals surface area (Å²) >= 11 is 1.36. The van der Waals surface area contributed by atoms with Gasteiger partial charge in [0, 0.05) is 17.6 Å². The first-order valence-electron chi connectivity index (χ1n) is 5.51. The van der Waals surface area contributed by atoms with Crippen LogP contribution in [0, 0.1) is 0 Å². The summed E-state index contributed by atoms with van der Waals surface area (Å²) in [6.45, 7) is 4.55. The second kappa shape index (κ2) is 5.63. The second-order valence-corrected chi connectivity index (χ2v) is 4.67. The van der Waals surface area contributed by atoms with Crippen molar-refractivity contribution >= 4 is 16.7 Å². The molecule has 0 aliphatic carbocycles. The molecule has 1 heterocycles. The molecule has 0 aliphatic heterocycles. The predicted molar refractivity (Wildman–Crippen MR) is 69.4 cm³/mol. The molecule has 0 spiro atoms. The van der Waals surface area contributed by atoms with Gasteiger partial charge in [0.2, 0.25) is 5.13 Å². The fourth-order valence-electron chi connectivity index (χ4n) is 1.28. The molecule has 0 bridgehead atoms. The Labute approximate surface area is 105 Å². The van der Waals surface area contributed by atoms with Crippen LogP contribution in [-0.2, 0) is 6.61 Å². The molecular weight excluding hydrogens is 234 g/mol. The lowest BCUT2D eigenvalue weighted by molar-refractivity contribution is 0.297. The van der Waals surface area contributed by atoms with Crippen molar-refractivity contribution in [2.75, 3.05) is 5.32 Å². The number of hydrogen-bond donors (Lipinski definition) is 1. The Balaban J connectivity index is 1.89. The topological polar surface area (TPSA) is 47.0 Å². The summed E-state index contributed by atoms with van der Waals surface area (Å²) in [5.41, 5.74) is 0. The summed E-state index contributed by atoms with van der Waals surface area (Å²) < 4.78 is 9.79. The van der Waals surface area contributed by atoms with Gasteiger partial charge in [0.25, 0.3) is 0 Å². The molecule has 2 aromatic rings. The molecule has 4 nitrogen and oxygen atoms in total. The summed E-state index contributed by atoms with van der Waals surface area (Å²) in [7, 11) is 0. The zero-order chi connectivity index (χ0) is 12.1. The molecule has 0 unspecified atom stereocenters. The van der Waals surface area contributed by atoms with Crippen molar-refractivity contribution in [3.63, 3.8) is 0 Å². The van der Waals surface area contributed by atoms with Gasteiger partial charge < -0.3 is 10.1 Å². The van der Waals surface area contributed by atoms with E-state index >= 15 is 0 Å². The highest BCUT2D eigenvalue weighted by atomic mass is 32.1. The summed E-state index contributed by atoms with van der Waals surface area (Å²) in [6, 6.07) is 10.0. The zero-order valence-electron chi connectivity index (χ0n) is 9.88. The smallest absolute Gasteiger partial charge is 0.202 e. The first-order valence-corrected chi connectivity index (χ1v) is 6.28. The van der Waals surface area contributed by atoms with Gasteiger partial charge in [0.15, 0.2) is 5.82 Å². The average molecular weight is 249 g/mol. The monoisotopic (exact) mass is 249 g/mol. The van der Waals surface area contributed by atoms with Crippen LogP contribution < -0.4 is 10.1 Å². The van der Waals surface area contributed by atoms with Crippen molar-refractivity contribution in [2.45, 2.75) is 26.5 Å². The van der Waals surface area contributed by atoms with Crippen LogP contribution in [0.25, 0.3) is 0 Å². The number of para-hydroxylation sites is 1. The molecular formula is C12H15N3OS. The number of hydrogen-bond acceptors (Lipinski definition) is 5. The van der Waals surface area contributed by atoms with Gasteiger partial charge in [-0.1, -0.05) is 18.2 Å². The van der Waals surface area contributed by atoms with Gasteiger partial charge in [0.1, 0.15) is 12.4 Å². The average Bonchev–Trinajstić information content (AvgIpc) is 2.75. The molecule has 0 atom stereocenters. The molecule has 2 rings (SSSR count). The fraction of sp³-hybridized carbons (Fsp3) is 0.333. The van der Waals surface area contributed by atoms with E-state index in [4.69, 9.17) is 4.74 Å². The van der Waals surface area contributed by atoms with E-state index in [9.17, 15) is 0 Å². The summed E-state index contributed by atoms with van der Waals surface area (Å²) in [5, 5.41) is 4.05. The van der Waals surface area contributed by atoms with E-state index in [1.165, 1.54) is 11.5 Å². The maximum absolute atomic E-state index is 5.56. The quantitative estimate of drug-likeness (QED) is 0.885. The lowest BCUT2D eigenvalue weighted by atomic mass is 10.3. The van der Waals surface area contributed by atoms with Gasteiger partial charge in [-0.3, -0.25) is 0 Å². The second-order valence-electron chi connectivity index (χ2n) is 3.92. The van der Waals surface area contributed by atoms with Gasteiger partial charge in [-0.05, 0) is 26.0 Å². The van der Waals surface area contributed by atoms with Crippen LogP contribution in [0.3, 0.4) is 0 Å². The number of aromatic nitrogens is 2. The summed E-state index contributed by atoms with van der Waals surface area (Å²) in [6.07, 6.45) is 0. The van der Waals surface area contributed by atoms with E-state index < -0.39 is 0 Å². The van der Waals surface area contributed by atoms with E-state index in [1.807, 2.05) is 30.3 Å². The maximum Gasteiger partial charge on any atom is 0.202 e. The maximum atomic E-state index is 5.56. The molecule has 1 aromatic heterocycles. The van der Waals surface area contributed by atoms with Gasteiger partial charge in [-0.15, -0.1) is 0 Å². The number of nitrogens with one attached hydrogen (secondary N) is 1. The van der Waals surface area contributed by atoms with Gasteiger partial charge in [-0.25, -0.2) is 0 Å². The van der Waals surface area contributed by atoms with E-state index in [0.29, 0.717) is 18.5 Å². The summed E-state index contributed by atoms with van der Waals surface area (Å²) in [5.74, 6) is 1.54. The van der Waals surface area contributed by atoms with E-state index in [0.717, 1.165) is 10.9 Å². The first-order chi connectivity index (χ1) is 8.24. The van der Waals surface area contributed by atoms with Gasteiger partial charge >= 0.3 is 0 Å². The van der Waals surface area contributed by atoms with Gasteiger partial charge in [-0.2, -0.15) is 9.36 Å². The Bertz CT molecular complexity index is 456. The van der Waals surface area contributed by atoms with Crippen molar-refractivity contribution in [1.29, 1.82) is 0 Å². The third kappa shape index (κ3) is 3.71. The van der Waals surface area contributed by atoms with Gasteiger partial charge in [0.05, 0.1) is 0 Å². The van der Waals surface area contributed by atoms with Crippen LogP contribution >= 0.6 is 11.5 Å². The summed E-state index contributed by atoms with van der Waals surface area (Å²) in [4.78, 5) is 4.34. The fourth-order valence-corrected chi connectivity index (χ4v) is 2.00. The molecule has 1 aromatic carbocycles. The van der Waals surface area contributed by atoms with Crippen molar-refractivity contribution < 1.29 is 4.74 Å². The van der Waals surface area contributed by atoms with Crippen LogP contribution in [0.15, 0.2) is 30.3 Å². The third-order valence-electron chi connectivity index (χ3n) is 1.99. The number of nitrogens with zero attached hydrogens (tertiary/aromatic N) is 2. The number of benzene rings is 1. The van der Waals surface area contributed by atoms with Crippen molar-refractivity contribution in [3.8, 4) is 5.75 Å². The highest BCUT2D eigenvalue weighted by molar-refractivity contribution is 7.09. The molecule has 5 heteroatoms. The highest BCUT2D eigenvalue weighted by Crippen LogP contribution is 2.14. The Morgan fingerprint density at radius 1 is 1.29 bits per heavy atom. The molecule has 0 amide bonds. The SMILES string of the molecule is CC(C)Nc1nc(COc2ccccc2)ns1. The molecule has 0 saturated carbocycles. The minimum Gasteiger partial charge on any atom is -0.486 e. The Kier molecular flexibility index (Phi) is 3.93. The standard InChI is InChI=1S/C12H15N3OS/c1-9(2)13-12-14-11(15-17-12)8-16-10-6-4-3-5-7-10/h3-7,9H,8H2,1-2H3,(H,13,14,15). The largest absolute Gasteiger partial charge is 0.486 e. The molecule has 0 saturated heterocycles. The molecule has 0 fully saturated rings. The number of rotatable bonds is 5. The van der Waals surface area contributed by atoms with Crippen LogP contribution in [-0.4, -0.2) is 15.4 Å². The molecule has 90 valence electrons. The predicted octanol–water partition coefficient (Wildman–Crippen LogP) is 2.94. The zero-order valence-corrected chi connectivity index (χ0v) is 10.7. The van der Waals surface area contributed by atoms with Crippen molar-refractivity contribution in [2.24, 2.45) is 0 Å². The Morgan fingerprint density at radius 2 is 2.06 bits per heavy atom. The normalized spacial score (nSPS) is 10.5. The van der Waals surface area contributed by atoms with E-state index in [2.05, 4.69) is 28.5 Å². The van der Waals surface area contributed by atoms with Crippen LogP contribution in [0.4, 0.5) is 5.13 Å². The Hall–Kier alpha value is -1.62. The molecule has 0 radical (unpaired) electrons. The van der Waals surface area contributed by atoms with Crippen LogP contribution in [0.1, 0.15) is 19.7 Å². The highest BCUT2D eigenvalue weighted by Gasteiger charge is 2.05. The van der Waals surface area contributed by atoms with E-state index in [1.54, 1.807) is 0 Å². The van der Waals surface area contributed by atoms with Crippen molar-refractivity contribution in [3.05, 3.63) is 36.2 Å². The van der Waals surface area contributed by atoms with Crippen molar-refractivity contribution in [1.82, 2.24) is 9.36 Å². The van der Waals surface area contributed by atoms with Crippen LogP contribution in [0.2, 0.25) is 0 Å². The number of ether oxygens (including phenoxy) is 1. The minimum atomic E-state index is 0.367. The third-order valence-corrected chi connectivity index (χ3v) is 2.68. The minimum absolute atomic E-state index is 0.367. The van der Waals surface area contributed by atoms with E-state index in [-0.39, 0.29) is 0 Å².